The van der Waals surface area contributed by atoms with Gasteiger partial charge in [-0.1, -0.05) is 33.1 Å². The van der Waals surface area contributed by atoms with E-state index in [0.29, 0.717) is 12.3 Å². The SMILES string of the molecule is CCC1CCCC(C#N)(CCS(=O)(=O)CC)C1. The Kier molecular flexibility index (Phi) is 5.00. The van der Waals surface area contributed by atoms with E-state index in [9.17, 15) is 13.7 Å². The number of nitriles is 1. The van der Waals surface area contributed by atoms with Gasteiger partial charge in [0.1, 0.15) is 9.84 Å². The van der Waals surface area contributed by atoms with Crippen LogP contribution in [0.2, 0.25) is 0 Å². The third-order valence-electron chi connectivity index (χ3n) is 4.09. The summed E-state index contributed by atoms with van der Waals surface area (Å²) in [6, 6.07) is 2.41. The standard InChI is InChI=1S/C13H23NO2S/c1-3-12-6-5-7-13(10-12,11-14)8-9-17(15,16)4-2/h12H,3-10H2,1-2H3. The smallest absolute Gasteiger partial charge is 0.150 e. The molecule has 0 amide bonds. The lowest BCUT2D eigenvalue weighted by atomic mass is 9.68. The molecule has 0 saturated heterocycles. The van der Waals surface area contributed by atoms with Crippen molar-refractivity contribution >= 4 is 9.84 Å². The van der Waals surface area contributed by atoms with Crippen LogP contribution in [-0.4, -0.2) is 19.9 Å². The fourth-order valence-electron chi connectivity index (χ4n) is 2.71. The van der Waals surface area contributed by atoms with Gasteiger partial charge in [-0.25, -0.2) is 8.42 Å². The molecule has 1 saturated carbocycles. The number of hydrogen-bond donors (Lipinski definition) is 0. The minimum Gasteiger partial charge on any atom is -0.229 e. The van der Waals surface area contributed by atoms with E-state index in [-0.39, 0.29) is 16.9 Å². The van der Waals surface area contributed by atoms with Crippen molar-refractivity contribution < 1.29 is 8.42 Å². The average Bonchev–Trinajstić information content (AvgIpc) is 2.37. The van der Waals surface area contributed by atoms with Crippen molar-refractivity contribution in [3.8, 4) is 6.07 Å². The highest BCUT2D eigenvalue weighted by atomic mass is 32.2. The predicted molar refractivity (Wildman–Crippen MR) is 69.2 cm³/mol. The summed E-state index contributed by atoms with van der Waals surface area (Å²) in [6.45, 7) is 3.82. The van der Waals surface area contributed by atoms with Gasteiger partial charge >= 0.3 is 0 Å². The number of nitrogens with zero attached hydrogens (tertiary/aromatic N) is 1. The van der Waals surface area contributed by atoms with Crippen molar-refractivity contribution in [1.29, 1.82) is 5.26 Å². The topological polar surface area (TPSA) is 57.9 Å². The highest BCUT2D eigenvalue weighted by molar-refractivity contribution is 7.91. The molecule has 0 radical (unpaired) electrons. The van der Waals surface area contributed by atoms with Crippen LogP contribution < -0.4 is 0 Å². The molecule has 0 heterocycles. The van der Waals surface area contributed by atoms with E-state index < -0.39 is 9.84 Å². The summed E-state index contributed by atoms with van der Waals surface area (Å²) in [5.41, 5.74) is -0.374. The van der Waals surface area contributed by atoms with Crippen LogP contribution in [0.4, 0.5) is 0 Å². The van der Waals surface area contributed by atoms with Gasteiger partial charge in [0.05, 0.1) is 17.2 Å². The van der Waals surface area contributed by atoms with Gasteiger partial charge in [0, 0.05) is 5.75 Å². The summed E-state index contributed by atoms with van der Waals surface area (Å²) in [5.74, 6) is 0.965. The van der Waals surface area contributed by atoms with E-state index in [1.807, 2.05) is 0 Å². The molecule has 0 bridgehead atoms. The van der Waals surface area contributed by atoms with Crippen LogP contribution in [0.15, 0.2) is 0 Å². The summed E-state index contributed by atoms with van der Waals surface area (Å²) < 4.78 is 23.1. The molecular weight excluding hydrogens is 234 g/mol. The maximum Gasteiger partial charge on any atom is 0.150 e. The first-order chi connectivity index (χ1) is 7.97. The molecule has 0 aromatic carbocycles. The second kappa shape index (κ2) is 5.86. The van der Waals surface area contributed by atoms with Gasteiger partial charge in [-0.05, 0) is 25.2 Å². The van der Waals surface area contributed by atoms with Gasteiger partial charge in [-0.3, -0.25) is 0 Å². The molecular formula is C13H23NO2S. The summed E-state index contributed by atoms with van der Waals surface area (Å²) >= 11 is 0. The predicted octanol–water partition coefficient (Wildman–Crippen LogP) is 2.92. The lowest BCUT2D eigenvalue weighted by Gasteiger charge is -2.35. The molecule has 2 unspecified atom stereocenters. The molecule has 4 heteroatoms. The van der Waals surface area contributed by atoms with E-state index in [0.717, 1.165) is 25.7 Å². The molecule has 1 aliphatic carbocycles. The minimum absolute atomic E-state index is 0.174. The Morgan fingerprint density at radius 1 is 1.41 bits per heavy atom. The van der Waals surface area contributed by atoms with Crippen LogP contribution in [0.1, 0.15) is 52.4 Å². The fourth-order valence-corrected chi connectivity index (χ4v) is 3.70. The fraction of sp³-hybridized carbons (Fsp3) is 0.923. The van der Waals surface area contributed by atoms with Crippen molar-refractivity contribution in [3.63, 3.8) is 0 Å². The molecule has 17 heavy (non-hydrogen) atoms. The molecule has 3 nitrogen and oxygen atoms in total. The maximum absolute atomic E-state index is 11.5. The van der Waals surface area contributed by atoms with Crippen LogP contribution in [0.5, 0.6) is 0 Å². The Morgan fingerprint density at radius 2 is 2.12 bits per heavy atom. The quantitative estimate of drug-likeness (QED) is 0.761. The van der Waals surface area contributed by atoms with E-state index in [1.54, 1.807) is 6.92 Å². The number of sulfone groups is 1. The second-order valence-corrected chi connectivity index (χ2v) is 7.72. The summed E-state index contributed by atoms with van der Waals surface area (Å²) in [5, 5.41) is 9.38. The van der Waals surface area contributed by atoms with Crippen LogP contribution >= 0.6 is 0 Å². The molecule has 0 aromatic rings. The van der Waals surface area contributed by atoms with Crippen molar-refractivity contribution in [1.82, 2.24) is 0 Å². The highest BCUT2D eigenvalue weighted by Crippen LogP contribution is 2.42. The largest absolute Gasteiger partial charge is 0.229 e. The molecule has 0 spiro atoms. The van der Waals surface area contributed by atoms with Crippen molar-refractivity contribution in [2.24, 2.45) is 11.3 Å². The Morgan fingerprint density at radius 3 is 2.65 bits per heavy atom. The number of hydrogen-bond acceptors (Lipinski definition) is 3. The van der Waals surface area contributed by atoms with E-state index >= 15 is 0 Å². The second-order valence-electron chi connectivity index (χ2n) is 5.25. The van der Waals surface area contributed by atoms with Gasteiger partial charge in [-0.15, -0.1) is 0 Å². The third-order valence-corrected chi connectivity index (χ3v) is 5.80. The maximum atomic E-state index is 11.5. The van der Waals surface area contributed by atoms with E-state index in [4.69, 9.17) is 0 Å². The summed E-state index contributed by atoms with van der Waals surface area (Å²) in [7, 11) is -2.94. The Bertz CT molecular complexity index is 383. The zero-order valence-corrected chi connectivity index (χ0v) is 11.7. The normalized spacial score (nSPS) is 29.8. The number of rotatable bonds is 5. The van der Waals surface area contributed by atoms with Gasteiger partial charge in [0.15, 0.2) is 0 Å². The monoisotopic (exact) mass is 257 g/mol. The lowest BCUT2D eigenvalue weighted by Crippen LogP contribution is -2.29. The Balaban J connectivity index is 2.67. The summed E-state index contributed by atoms with van der Waals surface area (Å²) in [4.78, 5) is 0. The summed E-state index contributed by atoms with van der Waals surface area (Å²) in [6.07, 6.45) is 5.65. The molecule has 0 N–H and O–H groups in total. The van der Waals surface area contributed by atoms with Gasteiger partial charge < -0.3 is 0 Å². The van der Waals surface area contributed by atoms with E-state index in [1.165, 1.54) is 6.42 Å². The van der Waals surface area contributed by atoms with Gasteiger partial charge in [0.2, 0.25) is 0 Å². The molecule has 2 atom stereocenters. The average molecular weight is 257 g/mol. The molecule has 0 aliphatic heterocycles. The third kappa shape index (κ3) is 3.99. The van der Waals surface area contributed by atoms with Gasteiger partial charge in [0.25, 0.3) is 0 Å². The molecule has 98 valence electrons. The first-order valence-corrected chi connectivity index (χ1v) is 8.41. The van der Waals surface area contributed by atoms with Crippen LogP contribution in [0, 0.1) is 22.7 Å². The van der Waals surface area contributed by atoms with E-state index in [2.05, 4.69) is 13.0 Å². The van der Waals surface area contributed by atoms with Crippen LogP contribution in [0.3, 0.4) is 0 Å². The van der Waals surface area contributed by atoms with Crippen molar-refractivity contribution in [2.45, 2.75) is 52.4 Å². The molecule has 1 aliphatic rings. The minimum atomic E-state index is -2.94. The van der Waals surface area contributed by atoms with Gasteiger partial charge in [-0.2, -0.15) is 5.26 Å². The first-order valence-electron chi connectivity index (χ1n) is 6.58. The van der Waals surface area contributed by atoms with Crippen molar-refractivity contribution in [3.05, 3.63) is 0 Å². The Labute approximate surface area is 105 Å². The zero-order valence-electron chi connectivity index (χ0n) is 10.9. The highest BCUT2D eigenvalue weighted by Gasteiger charge is 2.36. The van der Waals surface area contributed by atoms with Crippen molar-refractivity contribution in [2.75, 3.05) is 11.5 Å². The first kappa shape index (κ1) is 14.5. The van der Waals surface area contributed by atoms with Crippen LogP contribution in [-0.2, 0) is 9.84 Å². The van der Waals surface area contributed by atoms with Crippen LogP contribution in [0.25, 0.3) is 0 Å². The zero-order chi connectivity index (χ0) is 12.9. The lowest BCUT2D eigenvalue weighted by molar-refractivity contribution is 0.190. The molecule has 1 fully saturated rings. The molecule has 1 rings (SSSR count). The molecule has 0 aromatic heterocycles. The Hall–Kier alpha value is -0.560.